The lowest BCUT2D eigenvalue weighted by Gasteiger charge is -2.44. The van der Waals surface area contributed by atoms with Crippen LogP contribution in [0.1, 0.15) is 158 Å². The van der Waals surface area contributed by atoms with Gasteiger partial charge in [-0.2, -0.15) is 0 Å². The van der Waals surface area contributed by atoms with Crippen LogP contribution in [0, 0.1) is 0 Å². The van der Waals surface area contributed by atoms with E-state index in [0.717, 1.165) is 0 Å². The Labute approximate surface area is 289 Å². The Kier molecular flexibility index (Phi) is 10.4. The maximum Gasteiger partial charge on any atom is 0.0586 e. The van der Waals surface area contributed by atoms with Crippen molar-refractivity contribution in [3.8, 4) is 0 Å². The molecule has 46 heavy (non-hydrogen) atoms. The fourth-order valence-corrected chi connectivity index (χ4v) is 21.7. The summed E-state index contributed by atoms with van der Waals surface area (Å²) in [6, 6.07) is 10.0. The highest BCUT2D eigenvalue weighted by molar-refractivity contribution is 7.92. The molecule has 1 aliphatic heterocycles. The highest BCUT2D eigenvalue weighted by Gasteiger charge is 2.48. The fourth-order valence-electron chi connectivity index (χ4n) is 6.68. The Morgan fingerprint density at radius 3 is 1.00 bits per heavy atom. The van der Waals surface area contributed by atoms with Crippen molar-refractivity contribution in [1.29, 1.82) is 0 Å². The van der Waals surface area contributed by atoms with Crippen LogP contribution in [0.25, 0.3) is 0 Å². The molecule has 3 atom stereocenters. The van der Waals surface area contributed by atoms with Crippen LogP contribution in [0.3, 0.4) is 0 Å². The molecule has 0 fully saturated rings. The van der Waals surface area contributed by atoms with Crippen molar-refractivity contribution < 1.29 is 5.11 Å². The molecule has 0 radical (unpaired) electrons. The second-order valence-electron chi connectivity index (χ2n) is 21.3. The van der Waals surface area contributed by atoms with Crippen LogP contribution in [-0.2, 0) is 32.5 Å². The average Bonchev–Trinajstić information content (AvgIpc) is 3.16. The average molecular weight is 680 g/mol. The minimum Gasteiger partial charge on any atom is -0.872 e. The summed E-state index contributed by atoms with van der Waals surface area (Å²) < 4.78 is 0. The zero-order valence-corrected chi connectivity index (χ0v) is 36.6. The predicted octanol–water partition coefficient (Wildman–Crippen LogP) is 11.8. The molecule has 1 aliphatic rings. The van der Waals surface area contributed by atoms with Gasteiger partial charge in [-0.3, -0.25) is 0 Å². The maximum atomic E-state index is 15.0. The topological polar surface area (TPSA) is 23.1 Å². The minimum atomic E-state index is -1.88. The second kappa shape index (κ2) is 12.1. The Morgan fingerprint density at radius 2 is 0.761 bits per heavy atom. The number of hydrogen-bond donors (Lipinski definition) is 0. The third-order valence-corrected chi connectivity index (χ3v) is 23.0. The Balaban J connectivity index is 2.58. The van der Waals surface area contributed by atoms with E-state index in [2.05, 4.69) is 174 Å². The van der Waals surface area contributed by atoms with Gasteiger partial charge in [0, 0.05) is 5.02 Å². The molecule has 4 heteroatoms. The Morgan fingerprint density at radius 1 is 0.478 bits per heavy atom. The summed E-state index contributed by atoms with van der Waals surface area (Å²) in [5.41, 5.74) is 8.77. The summed E-state index contributed by atoms with van der Waals surface area (Å²) in [4.78, 5) is 0. The molecule has 0 aromatic heterocycles. The molecule has 2 aromatic rings. The van der Waals surface area contributed by atoms with E-state index in [9.17, 15) is 0 Å². The number of rotatable bonds is 3. The highest BCUT2D eigenvalue weighted by atomic mass is 31.2. The molecule has 0 saturated heterocycles. The first-order chi connectivity index (χ1) is 20.2. The van der Waals surface area contributed by atoms with Gasteiger partial charge in [-0.05, 0) is 84.4 Å². The highest BCUT2D eigenvalue weighted by Crippen LogP contribution is 2.72. The standard InChI is InChI=1S/C42H70OP2Si/c1-37(2,3)27-22-29(39(7,8)9)34(30(23-27)40(10,11)12)44-26-33(43)45(36(44)46(19,20)21)35-31(41(13,14)15)24-28(38(4,5)6)25-32(35)42(16,17)18/h22-26,36,43H,1-21H3/p-1. The third-order valence-electron chi connectivity index (χ3n) is 9.45. The summed E-state index contributed by atoms with van der Waals surface area (Å²) in [6.45, 7) is 50.1. The fraction of sp³-hybridized carbons (Fsp3) is 0.667. The van der Waals surface area contributed by atoms with Crippen molar-refractivity contribution in [1.82, 2.24) is 0 Å². The van der Waals surface area contributed by atoms with Gasteiger partial charge in [0.05, 0.1) is 8.07 Å². The first kappa shape index (κ1) is 39.5. The summed E-state index contributed by atoms with van der Waals surface area (Å²) in [6.07, 6.45) is 0. The summed E-state index contributed by atoms with van der Waals surface area (Å²) in [5, 5.41) is 18.3. The van der Waals surface area contributed by atoms with Crippen molar-refractivity contribution in [2.75, 3.05) is 0 Å². The van der Waals surface area contributed by atoms with Crippen molar-refractivity contribution in [2.24, 2.45) is 0 Å². The smallest absolute Gasteiger partial charge is 0.0586 e. The van der Waals surface area contributed by atoms with Crippen LogP contribution in [-0.4, -0.2) is 13.1 Å². The molecule has 258 valence electrons. The Hall–Kier alpha value is -0.943. The molecule has 0 bridgehead atoms. The van der Waals surface area contributed by atoms with Gasteiger partial charge in [0.1, 0.15) is 0 Å². The van der Waals surface area contributed by atoms with E-state index >= 15 is 5.11 Å². The zero-order valence-electron chi connectivity index (χ0n) is 33.8. The SMILES string of the molecule is CC(C)(C)c1cc(C(C)(C)C)c(P2C=C([O-])P(c3c(C(C)(C)C)cc(C(C)(C)C)cc3C(C)(C)C)C2[Si](C)(C)C)c(C(C)(C)C)c1. The molecule has 3 unspecified atom stereocenters. The van der Waals surface area contributed by atoms with E-state index in [1.807, 2.05) is 0 Å². The summed E-state index contributed by atoms with van der Waals surface area (Å²) in [5.74, 6) is 2.29. The molecule has 1 nitrogen and oxygen atoms in total. The van der Waals surface area contributed by atoms with Gasteiger partial charge >= 0.3 is 0 Å². The molecule has 0 N–H and O–H groups in total. The van der Waals surface area contributed by atoms with E-state index in [4.69, 9.17) is 0 Å². The molecule has 0 spiro atoms. The quantitative estimate of drug-likeness (QED) is 0.234. The lowest BCUT2D eigenvalue weighted by molar-refractivity contribution is -0.285. The van der Waals surface area contributed by atoms with Crippen LogP contribution >= 0.6 is 15.8 Å². The molecular weight excluding hydrogens is 610 g/mol. The first-order valence-electron chi connectivity index (χ1n) is 17.5. The van der Waals surface area contributed by atoms with Crippen molar-refractivity contribution in [2.45, 2.75) is 182 Å². The van der Waals surface area contributed by atoms with Gasteiger partial charge in [-0.25, -0.2) is 0 Å². The van der Waals surface area contributed by atoms with Crippen LogP contribution in [0.5, 0.6) is 0 Å². The minimum absolute atomic E-state index is 0.0282. The van der Waals surface area contributed by atoms with E-state index in [1.54, 1.807) is 0 Å². The van der Waals surface area contributed by atoms with Crippen molar-refractivity contribution in [3.63, 3.8) is 0 Å². The van der Waals surface area contributed by atoms with Gasteiger partial charge in [-0.15, -0.1) is 5.50 Å². The van der Waals surface area contributed by atoms with E-state index < -0.39 is 23.9 Å². The normalized spacial score (nSPS) is 20.7. The molecule has 0 aliphatic carbocycles. The monoisotopic (exact) mass is 679 g/mol. The predicted molar refractivity (Wildman–Crippen MR) is 213 cm³/mol. The van der Waals surface area contributed by atoms with E-state index in [1.165, 1.54) is 44.0 Å². The van der Waals surface area contributed by atoms with E-state index in [0.29, 0.717) is 10.5 Å². The van der Waals surface area contributed by atoms with Crippen LogP contribution in [0.2, 0.25) is 19.6 Å². The molecule has 1 heterocycles. The Bertz CT molecular complexity index is 1410. The summed E-state index contributed by atoms with van der Waals surface area (Å²) in [7, 11) is -3.77. The van der Waals surface area contributed by atoms with Crippen LogP contribution < -0.4 is 15.7 Å². The number of benzene rings is 2. The second-order valence-corrected chi connectivity index (χ2v) is 32.2. The maximum absolute atomic E-state index is 15.0. The lowest BCUT2D eigenvalue weighted by Crippen LogP contribution is -2.42. The molecule has 0 saturated carbocycles. The van der Waals surface area contributed by atoms with E-state index in [-0.39, 0.29) is 32.5 Å². The van der Waals surface area contributed by atoms with Gasteiger partial charge in [0.2, 0.25) is 0 Å². The lowest BCUT2D eigenvalue weighted by atomic mass is 9.75. The van der Waals surface area contributed by atoms with Gasteiger partial charge in [-0.1, -0.05) is 182 Å². The number of hydrogen-bond acceptors (Lipinski definition) is 1. The van der Waals surface area contributed by atoms with Gasteiger partial charge in [0.15, 0.2) is 0 Å². The van der Waals surface area contributed by atoms with Gasteiger partial charge < -0.3 is 5.11 Å². The van der Waals surface area contributed by atoms with Crippen LogP contribution in [0.15, 0.2) is 35.6 Å². The molecular formula is C42H69OP2Si-. The molecule has 2 aromatic carbocycles. The van der Waals surface area contributed by atoms with Gasteiger partial charge in [0.25, 0.3) is 0 Å². The zero-order chi connectivity index (χ0) is 36.0. The van der Waals surface area contributed by atoms with Crippen molar-refractivity contribution >= 4 is 34.5 Å². The largest absolute Gasteiger partial charge is 0.872 e. The van der Waals surface area contributed by atoms with Crippen LogP contribution in [0.4, 0.5) is 0 Å². The molecule has 0 amide bonds. The summed E-state index contributed by atoms with van der Waals surface area (Å²) >= 11 is 0. The third kappa shape index (κ3) is 8.08. The first-order valence-corrected chi connectivity index (χ1v) is 24.0. The molecule has 3 rings (SSSR count). The van der Waals surface area contributed by atoms with Crippen molar-refractivity contribution in [3.05, 3.63) is 69.0 Å².